The highest BCUT2D eigenvalue weighted by Gasteiger charge is 2.39. The summed E-state index contributed by atoms with van der Waals surface area (Å²) in [7, 11) is 0. The Labute approximate surface area is 135 Å². The van der Waals surface area contributed by atoms with Crippen LogP contribution in [0.2, 0.25) is 0 Å². The maximum absolute atomic E-state index is 11.6. The summed E-state index contributed by atoms with van der Waals surface area (Å²) in [6.45, 7) is -0.977. The summed E-state index contributed by atoms with van der Waals surface area (Å²) < 4.78 is 4.32. The van der Waals surface area contributed by atoms with E-state index in [1.807, 2.05) is 0 Å². The summed E-state index contributed by atoms with van der Waals surface area (Å²) in [6, 6.07) is 0. The number of rotatable bonds is 11. The van der Waals surface area contributed by atoms with Crippen LogP contribution in [0.1, 0.15) is 0 Å². The van der Waals surface area contributed by atoms with Crippen LogP contribution in [0.25, 0.3) is 0 Å². The second-order valence-corrected chi connectivity index (χ2v) is 4.82. The van der Waals surface area contributed by atoms with Gasteiger partial charge in [-0.25, -0.2) is 4.79 Å². The minimum atomic E-state index is -2.51. The molecule has 0 radical (unpaired) electrons. The minimum absolute atomic E-state index is 0.161. The Morgan fingerprint density at radius 2 is 1.38 bits per heavy atom. The SMILES string of the molecule is O=C[C@H](O)[C@@H](O)[C@@H](O)[C@H](O)C(=O)O[C@H](C=O)[C@@H](O)[C@H](O)[C@H](O)CO. The van der Waals surface area contributed by atoms with E-state index in [2.05, 4.69) is 4.74 Å². The van der Waals surface area contributed by atoms with Crippen LogP contribution in [0.4, 0.5) is 0 Å². The topological polar surface area (TPSA) is 222 Å². The fourth-order valence-electron chi connectivity index (χ4n) is 1.52. The summed E-state index contributed by atoms with van der Waals surface area (Å²) in [5.41, 5.74) is 0. The van der Waals surface area contributed by atoms with E-state index in [9.17, 15) is 39.9 Å². The van der Waals surface area contributed by atoms with Crippen molar-refractivity contribution >= 4 is 18.5 Å². The van der Waals surface area contributed by atoms with Crippen molar-refractivity contribution in [2.75, 3.05) is 6.61 Å². The molecule has 0 bridgehead atoms. The standard InChI is InChI=1S/C12H20O12/c13-1-4(16)7(18)9(20)6(3-15)24-12(23)11(22)10(21)8(19)5(17)2-14/h2-11,13,16-22H,1H2/t4-,5+,6-,7-,8-,9-,10-,11+/m1/s1. The molecule has 0 heterocycles. The van der Waals surface area contributed by atoms with Crippen molar-refractivity contribution in [3.8, 4) is 0 Å². The molecule has 0 aromatic rings. The van der Waals surface area contributed by atoms with Crippen molar-refractivity contribution in [3.63, 3.8) is 0 Å². The smallest absolute Gasteiger partial charge is 0.338 e. The van der Waals surface area contributed by atoms with E-state index in [1.54, 1.807) is 0 Å². The predicted octanol–water partition coefficient (Wildman–Crippen LogP) is -6.19. The van der Waals surface area contributed by atoms with Gasteiger partial charge in [-0.2, -0.15) is 0 Å². The summed E-state index contributed by atoms with van der Waals surface area (Å²) >= 11 is 0. The lowest BCUT2D eigenvalue weighted by Gasteiger charge is -2.27. The van der Waals surface area contributed by atoms with E-state index in [1.165, 1.54) is 0 Å². The van der Waals surface area contributed by atoms with Gasteiger partial charge in [-0.1, -0.05) is 0 Å². The minimum Gasteiger partial charge on any atom is -0.450 e. The Morgan fingerprint density at radius 1 is 0.833 bits per heavy atom. The molecule has 0 amide bonds. The normalized spacial score (nSPS) is 21.5. The Hall–Kier alpha value is -1.51. The molecular formula is C12H20O12. The zero-order valence-electron chi connectivity index (χ0n) is 12.2. The molecule has 8 atom stereocenters. The lowest BCUT2D eigenvalue weighted by atomic mass is 10.0. The van der Waals surface area contributed by atoms with Crippen LogP contribution in [0, 0.1) is 0 Å². The van der Waals surface area contributed by atoms with E-state index in [-0.39, 0.29) is 12.6 Å². The van der Waals surface area contributed by atoms with Gasteiger partial charge in [-0.3, -0.25) is 4.79 Å². The summed E-state index contributed by atoms with van der Waals surface area (Å²) in [5.74, 6) is -1.73. The average molecular weight is 356 g/mol. The van der Waals surface area contributed by atoms with Crippen LogP contribution in [0.15, 0.2) is 0 Å². The highest BCUT2D eigenvalue weighted by molar-refractivity contribution is 5.77. The molecule has 0 spiro atoms. The number of aliphatic hydroxyl groups excluding tert-OH is 8. The van der Waals surface area contributed by atoms with Crippen LogP contribution in [-0.4, -0.2) is 115 Å². The fourth-order valence-corrected chi connectivity index (χ4v) is 1.52. The van der Waals surface area contributed by atoms with Gasteiger partial charge in [0.1, 0.15) is 36.6 Å². The van der Waals surface area contributed by atoms with Crippen LogP contribution in [-0.2, 0) is 19.1 Å². The van der Waals surface area contributed by atoms with Crippen LogP contribution in [0.3, 0.4) is 0 Å². The maximum Gasteiger partial charge on any atom is 0.338 e. The number of hydrogen-bond donors (Lipinski definition) is 8. The Balaban J connectivity index is 4.91. The first-order chi connectivity index (χ1) is 11.1. The number of carbonyl (C=O) groups is 3. The highest BCUT2D eigenvalue weighted by atomic mass is 16.6. The Morgan fingerprint density at radius 3 is 1.79 bits per heavy atom. The maximum atomic E-state index is 11.6. The molecule has 0 unspecified atom stereocenters. The van der Waals surface area contributed by atoms with Gasteiger partial charge >= 0.3 is 5.97 Å². The molecule has 12 nitrogen and oxygen atoms in total. The highest BCUT2D eigenvalue weighted by Crippen LogP contribution is 2.11. The monoisotopic (exact) mass is 356 g/mol. The third-order valence-corrected chi connectivity index (χ3v) is 3.06. The van der Waals surface area contributed by atoms with Gasteiger partial charge in [0, 0.05) is 0 Å². The molecule has 140 valence electrons. The number of aliphatic hydroxyl groups is 8. The molecule has 0 aromatic carbocycles. The number of carbonyl (C=O) groups excluding carboxylic acids is 3. The molecule has 0 saturated carbocycles. The lowest BCUT2D eigenvalue weighted by Crippen LogP contribution is -2.52. The van der Waals surface area contributed by atoms with Gasteiger partial charge in [0.15, 0.2) is 24.8 Å². The van der Waals surface area contributed by atoms with Gasteiger partial charge in [0.05, 0.1) is 6.61 Å². The zero-order chi connectivity index (χ0) is 19.0. The summed E-state index contributed by atoms with van der Waals surface area (Å²) in [6.07, 6.45) is -17.8. The Kier molecular flexibility index (Phi) is 9.72. The van der Waals surface area contributed by atoms with Gasteiger partial charge < -0.3 is 50.4 Å². The van der Waals surface area contributed by atoms with Crippen LogP contribution < -0.4 is 0 Å². The number of aldehydes is 2. The number of ether oxygens (including phenoxy) is 1. The van der Waals surface area contributed by atoms with E-state index in [0.717, 1.165) is 0 Å². The first kappa shape index (κ1) is 22.5. The fraction of sp³-hybridized carbons (Fsp3) is 0.750. The first-order valence-electron chi connectivity index (χ1n) is 6.60. The largest absolute Gasteiger partial charge is 0.450 e. The van der Waals surface area contributed by atoms with Crippen molar-refractivity contribution in [1.29, 1.82) is 0 Å². The van der Waals surface area contributed by atoms with Gasteiger partial charge in [0.25, 0.3) is 0 Å². The van der Waals surface area contributed by atoms with Crippen LogP contribution in [0.5, 0.6) is 0 Å². The molecule has 0 aliphatic heterocycles. The molecule has 0 aliphatic rings. The molecule has 0 rings (SSSR count). The average Bonchev–Trinajstić information content (AvgIpc) is 2.60. The summed E-state index contributed by atoms with van der Waals surface area (Å²) in [4.78, 5) is 32.6. The third kappa shape index (κ3) is 5.85. The second-order valence-electron chi connectivity index (χ2n) is 4.82. The molecule has 12 heteroatoms. The van der Waals surface area contributed by atoms with Gasteiger partial charge in [-0.05, 0) is 0 Å². The van der Waals surface area contributed by atoms with Crippen molar-refractivity contribution in [1.82, 2.24) is 0 Å². The van der Waals surface area contributed by atoms with Crippen molar-refractivity contribution in [2.24, 2.45) is 0 Å². The molecule has 0 aliphatic carbocycles. The first-order valence-corrected chi connectivity index (χ1v) is 6.60. The van der Waals surface area contributed by atoms with Crippen LogP contribution >= 0.6 is 0 Å². The van der Waals surface area contributed by atoms with E-state index >= 15 is 0 Å². The summed E-state index contributed by atoms with van der Waals surface area (Å²) in [5, 5.41) is 73.9. The van der Waals surface area contributed by atoms with Crippen molar-refractivity contribution < 1.29 is 60.0 Å². The second kappa shape index (κ2) is 10.4. The van der Waals surface area contributed by atoms with E-state index in [4.69, 9.17) is 15.3 Å². The predicted molar refractivity (Wildman–Crippen MR) is 71.1 cm³/mol. The molecule has 0 aromatic heterocycles. The molecule has 0 saturated heterocycles. The van der Waals surface area contributed by atoms with Crippen molar-refractivity contribution in [3.05, 3.63) is 0 Å². The number of hydrogen-bond acceptors (Lipinski definition) is 12. The molecule has 0 fully saturated rings. The van der Waals surface area contributed by atoms with E-state index in [0.29, 0.717) is 0 Å². The van der Waals surface area contributed by atoms with Gasteiger partial charge in [0.2, 0.25) is 0 Å². The number of esters is 1. The zero-order valence-corrected chi connectivity index (χ0v) is 12.2. The lowest BCUT2D eigenvalue weighted by molar-refractivity contribution is -0.185. The van der Waals surface area contributed by atoms with Gasteiger partial charge in [-0.15, -0.1) is 0 Å². The van der Waals surface area contributed by atoms with E-state index < -0.39 is 61.4 Å². The van der Waals surface area contributed by atoms with Crippen molar-refractivity contribution in [2.45, 2.75) is 48.8 Å². The Bertz CT molecular complexity index is 415. The third-order valence-electron chi connectivity index (χ3n) is 3.06. The molecule has 24 heavy (non-hydrogen) atoms. The molecular weight excluding hydrogens is 336 g/mol. The quantitative estimate of drug-likeness (QED) is 0.128. The molecule has 8 N–H and O–H groups in total.